The number of carbonyl (C=O) groups is 2. The van der Waals surface area contributed by atoms with E-state index < -0.39 is 17.7 Å². The smallest absolute Gasteiger partial charge is 0.410 e. The van der Waals surface area contributed by atoms with Gasteiger partial charge >= 0.3 is 6.09 Å². The third kappa shape index (κ3) is 6.73. The van der Waals surface area contributed by atoms with Crippen LogP contribution in [-0.2, 0) is 9.53 Å². The summed E-state index contributed by atoms with van der Waals surface area (Å²) in [4.78, 5) is 41.0. The van der Waals surface area contributed by atoms with Gasteiger partial charge in [-0.25, -0.2) is 24.1 Å². The van der Waals surface area contributed by atoms with E-state index in [-0.39, 0.29) is 18.0 Å². The number of ether oxygens (including phenoxy) is 2. The first kappa shape index (κ1) is 31.2. The molecule has 6 rings (SSSR count). The highest BCUT2D eigenvalue weighted by Gasteiger charge is 2.50. The van der Waals surface area contributed by atoms with Crippen molar-refractivity contribution < 1.29 is 23.5 Å². The molecule has 2 aliphatic rings. The zero-order valence-electron chi connectivity index (χ0n) is 26.6. The molecule has 1 aliphatic carbocycles. The van der Waals surface area contributed by atoms with Crippen molar-refractivity contribution in [1.29, 1.82) is 0 Å². The van der Waals surface area contributed by atoms with Crippen LogP contribution in [0.3, 0.4) is 0 Å². The van der Waals surface area contributed by atoms with Gasteiger partial charge in [0.2, 0.25) is 17.7 Å². The molecule has 11 heteroatoms. The van der Waals surface area contributed by atoms with Crippen LogP contribution in [0.25, 0.3) is 22.0 Å². The number of hydrogen-bond donors (Lipinski definition) is 2. The van der Waals surface area contributed by atoms with Crippen molar-refractivity contribution in [2.24, 2.45) is 5.41 Å². The highest BCUT2D eigenvalue weighted by atomic mass is 19.1. The second-order valence-electron chi connectivity index (χ2n) is 13.1. The van der Waals surface area contributed by atoms with Crippen molar-refractivity contribution in [2.45, 2.75) is 65.0 Å². The topological polar surface area (TPSA) is 119 Å². The van der Waals surface area contributed by atoms with E-state index in [9.17, 15) is 14.0 Å². The number of alkyl halides is 1. The van der Waals surface area contributed by atoms with E-state index in [0.717, 1.165) is 29.2 Å². The van der Waals surface area contributed by atoms with Gasteiger partial charge in [0.25, 0.3) is 0 Å². The number of piperidine rings is 1. The molecule has 0 radical (unpaired) electrons. The van der Waals surface area contributed by atoms with Gasteiger partial charge in [0.05, 0.1) is 16.7 Å². The molecular formula is C35H39FN6O4. The number of rotatable bonds is 8. The number of likely N-dealkylation sites (tertiary alicyclic amines) is 1. The first-order valence-corrected chi connectivity index (χ1v) is 15.7. The van der Waals surface area contributed by atoms with E-state index in [1.165, 1.54) is 0 Å². The maximum absolute atomic E-state index is 13.6. The normalized spacial score (nSPS) is 17.3. The number of hydrogen-bond acceptors (Lipinski definition) is 8. The number of fused-ring (bicyclic) bond motifs is 1. The lowest BCUT2D eigenvalue weighted by Gasteiger charge is -2.34. The molecular weight excluding hydrogens is 587 g/mol. The van der Waals surface area contributed by atoms with Gasteiger partial charge in [-0.3, -0.25) is 4.79 Å². The van der Waals surface area contributed by atoms with E-state index in [2.05, 4.69) is 20.6 Å². The number of halogens is 1. The number of carbonyl (C=O) groups excluding carboxylic acids is 2. The van der Waals surface area contributed by atoms with Crippen molar-refractivity contribution in [3.63, 3.8) is 0 Å². The zero-order chi connectivity index (χ0) is 32.5. The largest absolute Gasteiger partial charge is 0.444 e. The highest BCUT2D eigenvalue weighted by molar-refractivity contribution is 6.06. The minimum Gasteiger partial charge on any atom is -0.444 e. The van der Waals surface area contributed by atoms with Crippen LogP contribution < -0.4 is 15.4 Å². The summed E-state index contributed by atoms with van der Waals surface area (Å²) in [6.07, 6.45) is 5.83. The molecule has 2 aromatic carbocycles. The van der Waals surface area contributed by atoms with Crippen LogP contribution in [0.4, 0.5) is 20.8 Å². The summed E-state index contributed by atoms with van der Waals surface area (Å²) in [7, 11) is 0. The Bertz CT molecular complexity index is 1770. The maximum Gasteiger partial charge on any atom is 0.410 e. The lowest BCUT2D eigenvalue weighted by Crippen LogP contribution is -2.47. The van der Waals surface area contributed by atoms with Crippen LogP contribution in [0.5, 0.6) is 11.6 Å². The predicted octanol–water partition coefficient (Wildman–Crippen LogP) is 7.29. The molecule has 2 fully saturated rings. The zero-order valence-corrected chi connectivity index (χ0v) is 26.6. The number of anilines is 2. The third-order valence-corrected chi connectivity index (χ3v) is 8.36. The SMILES string of the molecule is Cc1ccc2c(NC(=O)C3(CF)CC3)cccc2c1Oc1ncccc1-c1ccnc(N[C@H]2CCCN(C(=O)OC(C)(C)C)C2)n1. The second-order valence-corrected chi connectivity index (χ2v) is 13.1. The van der Waals surface area contributed by atoms with Crippen molar-refractivity contribution >= 4 is 34.4 Å². The molecule has 0 spiro atoms. The fourth-order valence-electron chi connectivity index (χ4n) is 5.62. The Morgan fingerprint density at radius 2 is 1.87 bits per heavy atom. The molecule has 1 aliphatic heterocycles. The molecule has 46 heavy (non-hydrogen) atoms. The summed E-state index contributed by atoms with van der Waals surface area (Å²) in [6.45, 7) is 7.99. The Morgan fingerprint density at radius 3 is 2.63 bits per heavy atom. The summed E-state index contributed by atoms with van der Waals surface area (Å²) in [6, 6.07) is 14.9. The Hall–Kier alpha value is -4.80. The van der Waals surface area contributed by atoms with Crippen molar-refractivity contribution in [2.75, 3.05) is 30.4 Å². The molecule has 2 amide bonds. The van der Waals surface area contributed by atoms with E-state index in [4.69, 9.17) is 14.5 Å². The summed E-state index contributed by atoms with van der Waals surface area (Å²) in [5.41, 5.74) is 1.31. The van der Waals surface area contributed by atoms with Gasteiger partial charge in [0, 0.05) is 48.0 Å². The average Bonchev–Trinajstić information content (AvgIpc) is 3.84. The van der Waals surface area contributed by atoms with Gasteiger partial charge in [-0.15, -0.1) is 0 Å². The average molecular weight is 627 g/mol. The molecule has 1 atom stereocenters. The fourth-order valence-corrected chi connectivity index (χ4v) is 5.62. The quantitative estimate of drug-likeness (QED) is 0.209. The van der Waals surface area contributed by atoms with Gasteiger partial charge in [-0.2, -0.15) is 0 Å². The summed E-state index contributed by atoms with van der Waals surface area (Å²) in [5.74, 6) is 1.10. The van der Waals surface area contributed by atoms with E-state index in [1.54, 1.807) is 23.4 Å². The van der Waals surface area contributed by atoms with Crippen LogP contribution >= 0.6 is 0 Å². The van der Waals surface area contributed by atoms with Crippen LogP contribution in [0.2, 0.25) is 0 Å². The van der Waals surface area contributed by atoms with Gasteiger partial charge in [-0.1, -0.05) is 24.3 Å². The molecule has 1 saturated carbocycles. The van der Waals surface area contributed by atoms with Crippen LogP contribution in [0, 0.1) is 12.3 Å². The Labute approximate surface area is 267 Å². The number of aryl methyl sites for hydroxylation is 1. The lowest BCUT2D eigenvalue weighted by atomic mass is 10.0. The number of nitrogens with zero attached hydrogens (tertiary/aromatic N) is 4. The van der Waals surface area contributed by atoms with E-state index in [0.29, 0.717) is 60.5 Å². The van der Waals surface area contributed by atoms with Crippen molar-refractivity contribution in [1.82, 2.24) is 19.9 Å². The van der Waals surface area contributed by atoms with Crippen molar-refractivity contribution in [3.05, 3.63) is 66.5 Å². The number of amides is 2. The summed E-state index contributed by atoms with van der Waals surface area (Å²) < 4.78 is 25.6. The van der Waals surface area contributed by atoms with Crippen LogP contribution in [0.1, 0.15) is 52.0 Å². The molecule has 4 aromatic rings. The predicted molar refractivity (Wildman–Crippen MR) is 175 cm³/mol. The van der Waals surface area contributed by atoms with Gasteiger partial charge in [0.15, 0.2) is 0 Å². The van der Waals surface area contributed by atoms with E-state index >= 15 is 0 Å². The lowest BCUT2D eigenvalue weighted by molar-refractivity contribution is -0.121. The molecule has 10 nitrogen and oxygen atoms in total. The molecule has 2 N–H and O–H groups in total. The minimum absolute atomic E-state index is 0.0335. The van der Waals surface area contributed by atoms with Crippen molar-refractivity contribution in [3.8, 4) is 22.9 Å². The Morgan fingerprint density at radius 1 is 1.04 bits per heavy atom. The maximum atomic E-state index is 13.6. The number of nitrogens with one attached hydrogen (secondary N) is 2. The van der Waals surface area contributed by atoms with Crippen LogP contribution in [0.15, 0.2) is 60.9 Å². The molecule has 1 saturated heterocycles. The summed E-state index contributed by atoms with van der Waals surface area (Å²) >= 11 is 0. The fraction of sp³-hybridized carbons (Fsp3) is 0.400. The second kappa shape index (κ2) is 12.5. The molecule has 0 unspecified atom stereocenters. The molecule has 240 valence electrons. The monoisotopic (exact) mass is 626 g/mol. The standard InChI is InChI=1S/C35H39FN6O4/c1-22-12-13-24-25(9-5-11-27(24)40-31(43)35(21-36)15-16-35)29(22)45-30-26(10-6-17-37-30)28-14-18-38-32(41-28)39-23-8-7-19-42(20-23)33(44)46-34(2,3)4/h5-6,9-14,17-18,23H,7-8,15-16,19-21H2,1-4H3,(H,40,43)(H,38,39,41)/t23-/m0/s1. The molecule has 2 aromatic heterocycles. The first-order valence-electron chi connectivity index (χ1n) is 15.7. The number of benzene rings is 2. The number of aromatic nitrogens is 3. The first-order chi connectivity index (χ1) is 22.0. The van der Waals surface area contributed by atoms with Crippen LogP contribution in [-0.4, -0.2) is 63.3 Å². The molecule has 0 bridgehead atoms. The molecule has 3 heterocycles. The van der Waals surface area contributed by atoms with Gasteiger partial charge in [-0.05, 0) is 83.2 Å². The van der Waals surface area contributed by atoms with Gasteiger partial charge in [0.1, 0.15) is 18.0 Å². The summed E-state index contributed by atoms with van der Waals surface area (Å²) in [5, 5.41) is 7.90. The third-order valence-electron chi connectivity index (χ3n) is 8.36. The highest BCUT2D eigenvalue weighted by Crippen LogP contribution is 2.47. The minimum atomic E-state index is -0.908. The van der Waals surface area contributed by atoms with Gasteiger partial charge < -0.3 is 25.0 Å². The van der Waals surface area contributed by atoms with E-state index in [1.807, 2.05) is 70.2 Å². The Kier molecular flexibility index (Phi) is 8.50. The Balaban J connectivity index is 1.23. The number of pyridine rings is 1.